The largest absolute Gasteiger partial charge is 1.00 e. The van der Waals surface area contributed by atoms with Gasteiger partial charge in [0.1, 0.15) is 0 Å². The van der Waals surface area contributed by atoms with Crippen LogP contribution in [0.25, 0.3) is 0 Å². The van der Waals surface area contributed by atoms with Crippen molar-refractivity contribution in [1.82, 2.24) is 25.8 Å². The van der Waals surface area contributed by atoms with Crippen molar-refractivity contribution in [1.29, 1.82) is 0 Å². The Labute approximate surface area is 263 Å². The maximum absolute atomic E-state index is 12.0. The smallest absolute Gasteiger partial charge is 1.00 e. The van der Waals surface area contributed by atoms with Gasteiger partial charge in [0.15, 0.2) is 0 Å². The first kappa shape index (κ1) is 43.6. The standard InChI is InChI=1S/C25H48N6O8.FH.Na/c1-21(32)29(37)18-9-3-6-16-27-22(33)12-14-25(36)31(39)20-10-4-7-17-28-23(34)11-13-24(35)30(38)19-8-2-5-15-26;;/h37-39H,2-20,26H2,1H3,(H,27,33)(H,28,34);1H;/q;;+1/p-1. The number of carbonyl (C=O) groups excluding carboxylic acids is 5. The van der Waals surface area contributed by atoms with Crippen LogP contribution >= 0.6 is 0 Å². The first-order valence-corrected chi connectivity index (χ1v) is 13.8. The molecule has 14 nitrogen and oxygen atoms in total. The van der Waals surface area contributed by atoms with Gasteiger partial charge in [0.2, 0.25) is 29.5 Å². The molecule has 41 heavy (non-hydrogen) atoms. The summed E-state index contributed by atoms with van der Waals surface area (Å²) in [5, 5.41) is 36.1. The predicted octanol–water partition coefficient (Wildman–Crippen LogP) is -5.07. The molecule has 7 N–H and O–H groups in total. The summed E-state index contributed by atoms with van der Waals surface area (Å²) in [7, 11) is 0. The van der Waals surface area contributed by atoms with E-state index in [1.165, 1.54) is 6.92 Å². The van der Waals surface area contributed by atoms with Crippen LogP contribution in [0.15, 0.2) is 0 Å². The van der Waals surface area contributed by atoms with Gasteiger partial charge in [0.25, 0.3) is 0 Å². The minimum absolute atomic E-state index is 0. The summed E-state index contributed by atoms with van der Waals surface area (Å²) in [6.07, 6.45) is 5.84. The van der Waals surface area contributed by atoms with Crippen LogP contribution in [0, 0.1) is 0 Å². The number of halogens is 1. The minimum Gasteiger partial charge on any atom is -1.00 e. The van der Waals surface area contributed by atoms with Crippen molar-refractivity contribution in [2.45, 2.75) is 90.4 Å². The molecule has 0 radical (unpaired) electrons. The number of nitrogens with two attached hydrogens (primary N) is 1. The van der Waals surface area contributed by atoms with Crippen LogP contribution in [0.5, 0.6) is 0 Å². The second-order valence-electron chi connectivity index (χ2n) is 9.35. The molecule has 0 unspecified atom stereocenters. The summed E-state index contributed by atoms with van der Waals surface area (Å²) >= 11 is 0. The molecule has 5 amide bonds. The van der Waals surface area contributed by atoms with Crippen molar-refractivity contribution in [2.24, 2.45) is 5.73 Å². The fraction of sp³-hybridized carbons (Fsp3) is 0.800. The van der Waals surface area contributed by atoms with Crippen LogP contribution in [-0.4, -0.2) is 99.6 Å². The maximum atomic E-state index is 12.0. The Morgan fingerprint density at radius 1 is 0.585 bits per heavy atom. The van der Waals surface area contributed by atoms with E-state index in [4.69, 9.17) is 5.73 Å². The van der Waals surface area contributed by atoms with Crippen molar-refractivity contribution < 1.29 is 73.9 Å². The van der Waals surface area contributed by atoms with Crippen molar-refractivity contribution in [3.8, 4) is 0 Å². The van der Waals surface area contributed by atoms with Gasteiger partial charge in [-0.1, -0.05) is 6.42 Å². The first-order valence-electron chi connectivity index (χ1n) is 13.8. The Bertz CT molecular complexity index is 753. The molecule has 234 valence electrons. The number of unbranched alkanes of at least 4 members (excludes halogenated alkanes) is 6. The first-order chi connectivity index (χ1) is 18.6. The quantitative estimate of drug-likeness (QED) is 0.0286. The van der Waals surface area contributed by atoms with E-state index in [1.807, 2.05) is 0 Å². The molecule has 0 fully saturated rings. The van der Waals surface area contributed by atoms with E-state index >= 15 is 0 Å². The van der Waals surface area contributed by atoms with Gasteiger partial charge in [0.05, 0.1) is 0 Å². The summed E-state index contributed by atoms with van der Waals surface area (Å²) in [4.78, 5) is 58.4. The molecule has 0 aromatic rings. The van der Waals surface area contributed by atoms with E-state index in [0.29, 0.717) is 73.3 Å². The van der Waals surface area contributed by atoms with Crippen molar-refractivity contribution in [3.63, 3.8) is 0 Å². The van der Waals surface area contributed by atoms with Gasteiger partial charge >= 0.3 is 29.6 Å². The predicted molar refractivity (Wildman–Crippen MR) is 141 cm³/mol. The maximum Gasteiger partial charge on any atom is 1.00 e. The molecule has 0 atom stereocenters. The summed E-state index contributed by atoms with van der Waals surface area (Å²) in [6.45, 7) is 3.22. The molecule has 0 aromatic heterocycles. The molecule has 0 aliphatic rings. The van der Waals surface area contributed by atoms with Crippen LogP contribution < -0.4 is 50.6 Å². The summed E-state index contributed by atoms with van der Waals surface area (Å²) in [5.74, 6) is -2.05. The summed E-state index contributed by atoms with van der Waals surface area (Å²) in [5.41, 5.74) is 5.39. The molecule has 0 aromatic carbocycles. The van der Waals surface area contributed by atoms with Gasteiger partial charge in [-0.3, -0.25) is 39.6 Å². The zero-order valence-corrected chi connectivity index (χ0v) is 26.6. The van der Waals surface area contributed by atoms with Crippen LogP contribution in [-0.2, 0) is 24.0 Å². The van der Waals surface area contributed by atoms with E-state index < -0.39 is 17.7 Å². The van der Waals surface area contributed by atoms with E-state index in [0.717, 1.165) is 19.3 Å². The number of amides is 5. The fourth-order valence-corrected chi connectivity index (χ4v) is 3.45. The Morgan fingerprint density at radius 2 is 0.951 bits per heavy atom. The normalized spacial score (nSPS) is 10.1. The summed E-state index contributed by atoms with van der Waals surface area (Å²) < 4.78 is 0. The Morgan fingerprint density at radius 3 is 1.32 bits per heavy atom. The Balaban J connectivity index is -0.00000722. The van der Waals surface area contributed by atoms with Crippen LogP contribution in [0.3, 0.4) is 0 Å². The van der Waals surface area contributed by atoms with Crippen molar-refractivity contribution in [2.75, 3.05) is 39.3 Å². The molecule has 0 bridgehead atoms. The van der Waals surface area contributed by atoms with Crippen LogP contribution in [0.4, 0.5) is 0 Å². The second kappa shape index (κ2) is 28.2. The molecule has 0 heterocycles. The average molecular weight is 603 g/mol. The number of hydrogen-bond acceptors (Lipinski definition) is 9. The number of hydroxylamine groups is 6. The number of nitrogens with one attached hydrogen (secondary N) is 2. The van der Waals surface area contributed by atoms with Crippen LogP contribution in [0.2, 0.25) is 0 Å². The summed E-state index contributed by atoms with van der Waals surface area (Å²) in [6, 6.07) is 0. The second-order valence-corrected chi connectivity index (χ2v) is 9.35. The van der Waals surface area contributed by atoms with E-state index in [2.05, 4.69) is 10.6 Å². The number of nitrogens with zero attached hydrogens (tertiary/aromatic N) is 3. The van der Waals surface area contributed by atoms with E-state index in [1.54, 1.807) is 0 Å². The van der Waals surface area contributed by atoms with Gasteiger partial charge in [-0.05, 0) is 57.9 Å². The molecule has 0 aliphatic heterocycles. The molecule has 16 heteroatoms. The van der Waals surface area contributed by atoms with Gasteiger partial charge in [0, 0.05) is 65.3 Å². The molecule has 0 saturated carbocycles. The molecule has 0 saturated heterocycles. The number of hydrogen-bond donors (Lipinski definition) is 6. The topological polar surface area (TPSA) is 206 Å². The van der Waals surface area contributed by atoms with Crippen molar-refractivity contribution >= 4 is 29.5 Å². The zero-order valence-electron chi connectivity index (χ0n) is 24.6. The average Bonchev–Trinajstić information content (AvgIpc) is 2.91. The molecular formula is C25H48FN6NaO8. The van der Waals surface area contributed by atoms with E-state index in [-0.39, 0.29) is 91.4 Å². The molecular weight excluding hydrogens is 554 g/mol. The Kier molecular flexibility index (Phi) is 30.0. The monoisotopic (exact) mass is 602 g/mol. The third-order valence-electron chi connectivity index (χ3n) is 5.88. The van der Waals surface area contributed by atoms with Crippen molar-refractivity contribution in [3.05, 3.63) is 0 Å². The van der Waals surface area contributed by atoms with E-state index in [9.17, 15) is 39.6 Å². The van der Waals surface area contributed by atoms with Crippen LogP contribution in [0.1, 0.15) is 90.4 Å². The van der Waals surface area contributed by atoms with Gasteiger partial charge < -0.3 is 21.1 Å². The minimum atomic E-state index is -0.548. The van der Waals surface area contributed by atoms with Gasteiger partial charge in [-0.15, -0.1) is 0 Å². The van der Waals surface area contributed by atoms with Gasteiger partial charge in [-0.25, -0.2) is 15.2 Å². The number of carbonyl (C=O) groups is 5. The van der Waals surface area contributed by atoms with Gasteiger partial charge in [-0.2, -0.15) is 0 Å². The zero-order chi connectivity index (χ0) is 29.5. The molecule has 0 rings (SSSR count). The molecule has 0 spiro atoms. The SMILES string of the molecule is CC(=O)N(O)CCCCCNC(=O)CCC(=O)N(O)CCCCCNC(=O)CCC(=O)N(O)CCCCCN.[F-].[Na+]. The molecule has 0 aliphatic carbocycles. The fourth-order valence-electron chi connectivity index (χ4n) is 3.45. The number of rotatable bonds is 23. The Hall–Kier alpha value is -1.88. The third kappa shape index (κ3) is 25.5. The third-order valence-corrected chi connectivity index (χ3v) is 5.88.